The Hall–Kier alpha value is -2.63. The van der Waals surface area contributed by atoms with E-state index in [-0.39, 0.29) is 5.69 Å². The number of methoxy groups -OCH3 is 1. The van der Waals surface area contributed by atoms with Crippen molar-refractivity contribution in [3.63, 3.8) is 0 Å². The summed E-state index contributed by atoms with van der Waals surface area (Å²) < 4.78 is 5.26. The fourth-order valence-electron chi connectivity index (χ4n) is 1.88. The summed E-state index contributed by atoms with van der Waals surface area (Å²) in [4.78, 5) is 14.5. The lowest BCUT2D eigenvalue weighted by atomic mass is 10.2. The van der Waals surface area contributed by atoms with E-state index in [4.69, 9.17) is 4.74 Å². The van der Waals surface area contributed by atoms with Crippen molar-refractivity contribution in [1.82, 2.24) is 4.98 Å². The van der Waals surface area contributed by atoms with Crippen molar-refractivity contribution in [1.29, 1.82) is 0 Å². The zero-order valence-electron chi connectivity index (χ0n) is 11.3. The largest absolute Gasteiger partial charge is 0.496 e. The van der Waals surface area contributed by atoms with Crippen LogP contribution in [0.2, 0.25) is 0 Å². The Balaban J connectivity index is 2.11. The number of nitrogens with one attached hydrogen (secondary N) is 1. The van der Waals surface area contributed by atoms with Gasteiger partial charge in [-0.25, -0.2) is 4.98 Å². The van der Waals surface area contributed by atoms with Crippen molar-refractivity contribution < 1.29 is 9.66 Å². The summed E-state index contributed by atoms with van der Waals surface area (Å²) in [7, 11) is 1.62. The van der Waals surface area contributed by atoms with E-state index in [0.717, 1.165) is 11.3 Å². The van der Waals surface area contributed by atoms with Crippen LogP contribution < -0.4 is 10.1 Å². The summed E-state index contributed by atoms with van der Waals surface area (Å²) in [5.74, 6) is 1.39. The van der Waals surface area contributed by atoms with Crippen molar-refractivity contribution in [2.45, 2.75) is 13.5 Å². The van der Waals surface area contributed by atoms with E-state index in [0.29, 0.717) is 18.1 Å². The average Bonchev–Trinajstić information content (AvgIpc) is 2.45. The molecule has 0 unspecified atom stereocenters. The van der Waals surface area contributed by atoms with E-state index < -0.39 is 4.92 Å². The number of pyridine rings is 1. The molecule has 6 heteroatoms. The Morgan fingerprint density at radius 2 is 2.05 bits per heavy atom. The second-order valence-electron chi connectivity index (χ2n) is 4.22. The molecule has 0 aliphatic carbocycles. The molecule has 0 atom stereocenters. The first-order valence-electron chi connectivity index (χ1n) is 6.09. The highest BCUT2D eigenvalue weighted by Gasteiger charge is 2.11. The minimum absolute atomic E-state index is 0.0211. The van der Waals surface area contributed by atoms with E-state index >= 15 is 0 Å². The average molecular weight is 273 g/mol. The van der Waals surface area contributed by atoms with Crippen molar-refractivity contribution in [3.05, 3.63) is 57.8 Å². The molecule has 1 aromatic carbocycles. The molecule has 0 radical (unpaired) electrons. The van der Waals surface area contributed by atoms with Crippen LogP contribution in [-0.2, 0) is 6.54 Å². The summed E-state index contributed by atoms with van der Waals surface area (Å²) in [6.07, 6.45) is 0. The molecule has 1 N–H and O–H groups in total. The molecule has 0 bridgehead atoms. The highest BCUT2D eigenvalue weighted by atomic mass is 16.6. The first-order valence-corrected chi connectivity index (χ1v) is 6.09. The van der Waals surface area contributed by atoms with Crippen LogP contribution in [0.1, 0.15) is 11.3 Å². The second-order valence-corrected chi connectivity index (χ2v) is 4.22. The maximum absolute atomic E-state index is 10.7. The predicted molar refractivity (Wildman–Crippen MR) is 75.9 cm³/mol. The van der Waals surface area contributed by atoms with Gasteiger partial charge in [0.1, 0.15) is 17.3 Å². The third kappa shape index (κ3) is 3.03. The topological polar surface area (TPSA) is 77.3 Å². The molecule has 104 valence electrons. The lowest BCUT2D eigenvalue weighted by Crippen LogP contribution is -2.04. The van der Waals surface area contributed by atoms with E-state index in [2.05, 4.69) is 10.3 Å². The number of ether oxygens (including phenoxy) is 1. The van der Waals surface area contributed by atoms with Gasteiger partial charge in [0, 0.05) is 18.2 Å². The quantitative estimate of drug-likeness (QED) is 0.669. The van der Waals surface area contributed by atoms with Gasteiger partial charge < -0.3 is 10.1 Å². The zero-order valence-corrected chi connectivity index (χ0v) is 11.3. The molecule has 0 spiro atoms. The van der Waals surface area contributed by atoms with Crippen molar-refractivity contribution in [2.24, 2.45) is 0 Å². The van der Waals surface area contributed by atoms with Crippen LogP contribution >= 0.6 is 0 Å². The molecule has 2 rings (SSSR count). The van der Waals surface area contributed by atoms with Crippen LogP contribution in [0, 0.1) is 17.0 Å². The molecular weight excluding hydrogens is 258 g/mol. The maximum Gasteiger partial charge on any atom is 0.290 e. The van der Waals surface area contributed by atoms with Crippen molar-refractivity contribution in [3.8, 4) is 5.75 Å². The summed E-state index contributed by atoms with van der Waals surface area (Å²) >= 11 is 0. The highest BCUT2D eigenvalue weighted by Crippen LogP contribution is 2.21. The van der Waals surface area contributed by atoms with Gasteiger partial charge in [-0.1, -0.05) is 18.2 Å². The van der Waals surface area contributed by atoms with E-state index in [1.807, 2.05) is 24.3 Å². The second kappa shape index (κ2) is 6.01. The fraction of sp³-hybridized carbons (Fsp3) is 0.214. The predicted octanol–water partition coefficient (Wildman–Crippen LogP) is 2.92. The SMILES string of the molecule is COc1ccccc1CNc1ccc([N+](=O)[O-])c(C)n1. The Morgan fingerprint density at radius 1 is 1.30 bits per heavy atom. The van der Waals surface area contributed by atoms with Crippen LogP contribution in [0.25, 0.3) is 0 Å². The van der Waals surface area contributed by atoms with Gasteiger partial charge in [0.05, 0.1) is 12.0 Å². The third-order valence-corrected chi connectivity index (χ3v) is 2.91. The molecule has 0 aliphatic heterocycles. The number of aryl methyl sites for hydroxylation is 1. The molecule has 1 aromatic heterocycles. The van der Waals surface area contributed by atoms with Gasteiger partial charge in [0.2, 0.25) is 0 Å². The molecule has 1 heterocycles. The standard InChI is InChI=1S/C14H15N3O3/c1-10-12(17(18)19)7-8-14(16-10)15-9-11-5-3-4-6-13(11)20-2/h3-8H,9H2,1-2H3,(H,15,16). The number of hydrogen-bond donors (Lipinski definition) is 1. The highest BCUT2D eigenvalue weighted by molar-refractivity contribution is 5.46. The number of para-hydroxylation sites is 1. The zero-order chi connectivity index (χ0) is 14.5. The maximum atomic E-state index is 10.7. The minimum Gasteiger partial charge on any atom is -0.496 e. The normalized spacial score (nSPS) is 10.1. The number of hydrogen-bond acceptors (Lipinski definition) is 5. The molecular formula is C14H15N3O3. The number of anilines is 1. The first kappa shape index (κ1) is 13.8. The molecule has 0 saturated heterocycles. The minimum atomic E-state index is -0.438. The van der Waals surface area contributed by atoms with Gasteiger partial charge in [-0.3, -0.25) is 10.1 Å². The van der Waals surface area contributed by atoms with Crippen LogP contribution in [0.5, 0.6) is 5.75 Å². The number of aromatic nitrogens is 1. The summed E-state index contributed by atoms with van der Waals surface area (Å²) in [6, 6.07) is 10.7. The number of rotatable bonds is 5. The molecule has 2 aromatic rings. The van der Waals surface area contributed by atoms with E-state index in [9.17, 15) is 10.1 Å². The van der Waals surface area contributed by atoms with Crippen LogP contribution in [0.4, 0.5) is 11.5 Å². The summed E-state index contributed by atoms with van der Waals surface area (Å²) in [5.41, 5.74) is 1.40. The molecule has 6 nitrogen and oxygen atoms in total. The van der Waals surface area contributed by atoms with Gasteiger partial charge in [0.15, 0.2) is 0 Å². The summed E-state index contributed by atoms with van der Waals surface area (Å²) in [5, 5.41) is 13.9. The molecule has 0 aliphatic rings. The lowest BCUT2D eigenvalue weighted by Gasteiger charge is -2.10. The lowest BCUT2D eigenvalue weighted by molar-refractivity contribution is -0.385. The smallest absolute Gasteiger partial charge is 0.290 e. The van der Waals surface area contributed by atoms with Crippen LogP contribution in [-0.4, -0.2) is 17.0 Å². The Bertz CT molecular complexity index is 629. The van der Waals surface area contributed by atoms with Gasteiger partial charge in [0.25, 0.3) is 5.69 Å². The van der Waals surface area contributed by atoms with Gasteiger partial charge in [-0.15, -0.1) is 0 Å². The molecule has 20 heavy (non-hydrogen) atoms. The first-order chi connectivity index (χ1) is 9.61. The van der Waals surface area contributed by atoms with Gasteiger partial charge >= 0.3 is 0 Å². The molecule has 0 fully saturated rings. The van der Waals surface area contributed by atoms with Crippen LogP contribution in [0.3, 0.4) is 0 Å². The Kier molecular flexibility index (Phi) is 4.14. The fourth-order valence-corrected chi connectivity index (χ4v) is 1.88. The van der Waals surface area contributed by atoms with Crippen LogP contribution in [0.15, 0.2) is 36.4 Å². The Morgan fingerprint density at radius 3 is 2.70 bits per heavy atom. The molecule has 0 amide bonds. The number of benzene rings is 1. The number of nitro groups is 1. The monoisotopic (exact) mass is 273 g/mol. The van der Waals surface area contributed by atoms with Gasteiger partial charge in [-0.05, 0) is 19.1 Å². The number of nitrogens with zero attached hydrogens (tertiary/aromatic N) is 2. The summed E-state index contributed by atoms with van der Waals surface area (Å²) in [6.45, 7) is 2.15. The van der Waals surface area contributed by atoms with E-state index in [1.54, 1.807) is 20.1 Å². The van der Waals surface area contributed by atoms with Crippen molar-refractivity contribution >= 4 is 11.5 Å². The third-order valence-electron chi connectivity index (χ3n) is 2.91. The van der Waals surface area contributed by atoms with Crippen molar-refractivity contribution in [2.75, 3.05) is 12.4 Å². The molecule has 0 saturated carbocycles. The van der Waals surface area contributed by atoms with E-state index in [1.165, 1.54) is 6.07 Å². The Labute approximate surface area is 116 Å². The van der Waals surface area contributed by atoms with Gasteiger partial charge in [-0.2, -0.15) is 0 Å².